The fraction of sp³-hybridized carbons (Fsp3) is 0.529. The van der Waals surface area contributed by atoms with Crippen LogP contribution in [0.3, 0.4) is 0 Å². The average molecular weight is 304 g/mol. The van der Waals surface area contributed by atoms with Crippen LogP contribution in [0.5, 0.6) is 0 Å². The molecule has 5 nitrogen and oxygen atoms in total. The topological polar surface area (TPSA) is 78.4 Å². The zero-order valence-corrected chi connectivity index (χ0v) is 13.0. The van der Waals surface area contributed by atoms with Crippen molar-refractivity contribution in [3.63, 3.8) is 0 Å². The van der Waals surface area contributed by atoms with Gasteiger partial charge >= 0.3 is 0 Å². The first-order valence-electron chi connectivity index (χ1n) is 7.81. The second-order valence-electron chi connectivity index (χ2n) is 5.97. The fourth-order valence-electron chi connectivity index (χ4n) is 3.00. The summed E-state index contributed by atoms with van der Waals surface area (Å²) in [5.74, 6) is -0.169. The summed E-state index contributed by atoms with van der Waals surface area (Å²) in [4.78, 5) is 23.7. The van der Waals surface area contributed by atoms with Crippen LogP contribution in [0.4, 0.5) is 0 Å². The molecule has 1 aromatic carbocycles. The van der Waals surface area contributed by atoms with Crippen molar-refractivity contribution in [2.75, 3.05) is 13.7 Å². The molecule has 2 amide bonds. The average Bonchev–Trinajstić information content (AvgIpc) is 3.01. The number of aryl methyl sites for hydroxylation is 1. The van der Waals surface area contributed by atoms with Gasteiger partial charge in [-0.2, -0.15) is 0 Å². The van der Waals surface area contributed by atoms with Crippen LogP contribution < -0.4 is 10.6 Å². The maximum atomic E-state index is 12.1. The van der Waals surface area contributed by atoms with E-state index in [4.69, 9.17) is 0 Å². The summed E-state index contributed by atoms with van der Waals surface area (Å²) in [5, 5.41) is 15.1. The Labute approximate surface area is 131 Å². The molecule has 2 rings (SSSR count). The number of hydrogen-bond donors (Lipinski definition) is 3. The van der Waals surface area contributed by atoms with E-state index in [1.54, 1.807) is 13.1 Å². The van der Waals surface area contributed by atoms with Gasteiger partial charge in [0.1, 0.15) is 0 Å². The quantitative estimate of drug-likeness (QED) is 0.743. The van der Waals surface area contributed by atoms with Gasteiger partial charge in [-0.05, 0) is 37.0 Å². The molecule has 0 spiro atoms. The summed E-state index contributed by atoms with van der Waals surface area (Å²) in [6, 6.07) is 7.30. The van der Waals surface area contributed by atoms with Crippen LogP contribution in [0.2, 0.25) is 0 Å². The van der Waals surface area contributed by atoms with Crippen molar-refractivity contribution in [1.82, 2.24) is 10.6 Å². The molecule has 0 aliphatic heterocycles. The number of carbonyl (C=O) groups is 2. The van der Waals surface area contributed by atoms with Crippen LogP contribution in [-0.4, -0.2) is 36.1 Å². The third-order valence-electron chi connectivity index (χ3n) is 4.32. The predicted octanol–water partition coefficient (Wildman–Crippen LogP) is 1.40. The molecule has 1 aliphatic carbocycles. The maximum absolute atomic E-state index is 12.1. The standard InChI is InChI=1S/C17H24N2O3/c1-18-16(22)14-6-4-5-13(11-14)7-8-15(21)19-17(12-20)9-2-3-10-17/h4-6,11,20H,2-3,7-10,12H2,1H3,(H,18,22)(H,19,21). The monoisotopic (exact) mass is 304 g/mol. The normalized spacial score (nSPS) is 16.3. The Balaban J connectivity index is 1.89. The smallest absolute Gasteiger partial charge is 0.251 e. The molecule has 0 aromatic heterocycles. The van der Waals surface area contributed by atoms with Crippen molar-refractivity contribution >= 4 is 11.8 Å². The van der Waals surface area contributed by atoms with Gasteiger partial charge in [-0.15, -0.1) is 0 Å². The highest BCUT2D eigenvalue weighted by molar-refractivity contribution is 5.94. The minimum Gasteiger partial charge on any atom is -0.394 e. The Hall–Kier alpha value is -1.88. The van der Waals surface area contributed by atoms with Crippen molar-refractivity contribution in [3.8, 4) is 0 Å². The number of aliphatic hydroxyl groups is 1. The number of carbonyl (C=O) groups excluding carboxylic acids is 2. The summed E-state index contributed by atoms with van der Waals surface area (Å²) < 4.78 is 0. The van der Waals surface area contributed by atoms with E-state index < -0.39 is 5.54 Å². The molecule has 0 saturated heterocycles. The first-order valence-corrected chi connectivity index (χ1v) is 7.81. The third-order valence-corrected chi connectivity index (χ3v) is 4.32. The molecule has 0 bridgehead atoms. The molecule has 0 radical (unpaired) electrons. The Morgan fingerprint density at radius 3 is 2.64 bits per heavy atom. The zero-order valence-electron chi connectivity index (χ0n) is 13.0. The molecule has 22 heavy (non-hydrogen) atoms. The van der Waals surface area contributed by atoms with Crippen molar-refractivity contribution in [3.05, 3.63) is 35.4 Å². The van der Waals surface area contributed by atoms with Gasteiger partial charge in [0, 0.05) is 19.0 Å². The Kier molecular flexibility index (Phi) is 5.55. The van der Waals surface area contributed by atoms with Gasteiger partial charge < -0.3 is 15.7 Å². The lowest BCUT2D eigenvalue weighted by molar-refractivity contribution is -0.123. The van der Waals surface area contributed by atoms with Gasteiger partial charge in [-0.25, -0.2) is 0 Å². The van der Waals surface area contributed by atoms with E-state index in [-0.39, 0.29) is 18.4 Å². The van der Waals surface area contributed by atoms with Gasteiger partial charge in [-0.1, -0.05) is 25.0 Å². The third kappa shape index (κ3) is 4.07. The first-order chi connectivity index (χ1) is 10.6. The molecule has 1 saturated carbocycles. The van der Waals surface area contributed by atoms with Gasteiger partial charge in [0.25, 0.3) is 5.91 Å². The van der Waals surface area contributed by atoms with E-state index in [1.165, 1.54) is 0 Å². The summed E-state index contributed by atoms with van der Waals surface area (Å²) >= 11 is 0. The molecule has 3 N–H and O–H groups in total. The van der Waals surface area contributed by atoms with Crippen molar-refractivity contribution in [1.29, 1.82) is 0 Å². The Bertz CT molecular complexity index is 536. The molecule has 5 heteroatoms. The summed E-state index contributed by atoms with van der Waals surface area (Å²) in [7, 11) is 1.60. The molecule has 120 valence electrons. The van der Waals surface area contributed by atoms with E-state index in [2.05, 4.69) is 10.6 Å². The molecule has 0 atom stereocenters. The van der Waals surface area contributed by atoms with Crippen LogP contribution >= 0.6 is 0 Å². The fourth-order valence-corrected chi connectivity index (χ4v) is 3.00. The molecule has 1 aromatic rings. The van der Waals surface area contributed by atoms with Gasteiger partial charge in [0.15, 0.2) is 0 Å². The van der Waals surface area contributed by atoms with Gasteiger partial charge in [-0.3, -0.25) is 9.59 Å². The van der Waals surface area contributed by atoms with E-state index in [1.807, 2.05) is 18.2 Å². The molecular formula is C17H24N2O3. The minimum atomic E-state index is -0.416. The first kappa shape index (κ1) is 16.5. The van der Waals surface area contributed by atoms with Crippen LogP contribution in [0, 0.1) is 0 Å². The van der Waals surface area contributed by atoms with Crippen LogP contribution in [0.15, 0.2) is 24.3 Å². The molecule has 1 aliphatic rings. The number of aliphatic hydroxyl groups excluding tert-OH is 1. The summed E-state index contributed by atoms with van der Waals surface area (Å²) in [5.41, 5.74) is 1.14. The van der Waals surface area contributed by atoms with E-state index >= 15 is 0 Å². The highest BCUT2D eigenvalue weighted by Gasteiger charge is 2.34. The van der Waals surface area contributed by atoms with E-state index in [9.17, 15) is 14.7 Å². The van der Waals surface area contributed by atoms with E-state index in [0.29, 0.717) is 18.4 Å². The second-order valence-corrected chi connectivity index (χ2v) is 5.97. The zero-order chi connectivity index (χ0) is 16.0. The van der Waals surface area contributed by atoms with E-state index in [0.717, 1.165) is 31.2 Å². The lowest BCUT2D eigenvalue weighted by Crippen LogP contribution is -2.49. The largest absolute Gasteiger partial charge is 0.394 e. The van der Waals surface area contributed by atoms with Crippen molar-refractivity contribution < 1.29 is 14.7 Å². The molecule has 0 unspecified atom stereocenters. The Morgan fingerprint density at radius 1 is 1.27 bits per heavy atom. The number of benzene rings is 1. The highest BCUT2D eigenvalue weighted by Crippen LogP contribution is 2.29. The van der Waals surface area contributed by atoms with Crippen molar-refractivity contribution in [2.45, 2.75) is 44.1 Å². The van der Waals surface area contributed by atoms with Crippen LogP contribution in [0.25, 0.3) is 0 Å². The summed E-state index contributed by atoms with van der Waals surface area (Å²) in [6.07, 6.45) is 4.74. The molecule has 0 heterocycles. The number of nitrogens with one attached hydrogen (secondary N) is 2. The molecule has 1 fully saturated rings. The predicted molar refractivity (Wildman–Crippen MR) is 84.6 cm³/mol. The maximum Gasteiger partial charge on any atom is 0.251 e. The summed E-state index contributed by atoms with van der Waals surface area (Å²) in [6.45, 7) is 0.00486. The lowest BCUT2D eigenvalue weighted by atomic mass is 9.98. The number of rotatable bonds is 6. The van der Waals surface area contributed by atoms with Crippen LogP contribution in [-0.2, 0) is 11.2 Å². The second kappa shape index (κ2) is 7.40. The highest BCUT2D eigenvalue weighted by atomic mass is 16.3. The van der Waals surface area contributed by atoms with Crippen LogP contribution in [0.1, 0.15) is 48.0 Å². The number of hydrogen-bond acceptors (Lipinski definition) is 3. The Morgan fingerprint density at radius 2 is 2.00 bits per heavy atom. The SMILES string of the molecule is CNC(=O)c1cccc(CCC(=O)NC2(CO)CCCC2)c1. The lowest BCUT2D eigenvalue weighted by Gasteiger charge is -2.28. The van der Waals surface area contributed by atoms with Gasteiger partial charge in [0.2, 0.25) is 5.91 Å². The molecular weight excluding hydrogens is 280 g/mol. The van der Waals surface area contributed by atoms with Crippen molar-refractivity contribution in [2.24, 2.45) is 0 Å². The minimum absolute atomic E-state index is 0.00486. The number of amides is 2. The van der Waals surface area contributed by atoms with Gasteiger partial charge in [0.05, 0.1) is 12.1 Å².